The van der Waals surface area contributed by atoms with Gasteiger partial charge in [-0.1, -0.05) is 12.1 Å². The minimum atomic E-state index is -0.0540. The molecule has 1 aromatic carbocycles. The standard InChI is InChI=1S/C20H28BrN5O.HI/c1-5-22-19(27)16-9-7-8-15(10-16)12-24-20(23-6-2)26(4)14-18-11-17(21)13-25(18)3;/h7-11,13H,5-6,12,14H2,1-4H3,(H,22,27)(H,23,24);1H. The molecule has 6 nitrogen and oxygen atoms in total. The minimum absolute atomic E-state index is 0. The third kappa shape index (κ3) is 7.12. The lowest BCUT2D eigenvalue weighted by Gasteiger charge is -2.22. The van der Waals surface area contributed by atoms with E-state index in [4.69, 9.17) is 4.99 Å². The van der Waals surface area contributed by atoms with Gasteiger partial charge in [-0.2, -0.15) is 0 Å². The number of hydrogen-bond donors (Lipinski definition) is 2. The molecule has 1 aromatic heterocycles. The minimum Gasteiger partial charge on any atom is -0.357 e. The van der Waals surface area contributed by atoms with Crippen LogP contribution in [0.2, 0.25) is 0 Å². The summed E-state index contributed by atoms with van der Waals surface area (Å²) in [6.07, 6.45) is 2.04. The molecule has 154 valence electrons. The summed E-state index contributed by atoms with van der Waals surface area (Å²) in [5.41, 5.74) is 2.86. The van der Waals surface area contributed by atoms with Crippen molar-refractivity contribution in [1.82, 2.24) is 20.1 Å². The van der Waals surface area contributed by atoms with Gasteiger partial charge in [0.05, 0.1) is 13.1 Å². The summed E-state index contributed by atoms with van der Waals surface area (Å²) in [6.45, 7) is 6.63. The normalized spacial score (nSPS) is 11.0. The third-order valence-electron chi connectivity index (χ3n) is 4.11. The van der Waals surface area contributed by atoms with Crippen LogP contribution < -0.4 is 10.6 Å². The average molecular weight is 562 g/mol. The van der Waals surface area contributed by atoms with Gasteiger partial charge in [-0.25, -0.2) is 4.99 Å². The van der Waals surface area contributed by atoms with Gasteiger partial charge in [0.25, 0.3) is 5.91 Å². The van der Waals surface area contributed by atoms with E-state index < -0.39 is 0 Å². The van der Waals surface area contributed by atoms with Crippen molar-refractivity contribution in [2.75, 3.05) is 20.1 Å². The first-order valence-electron chi connectivity index (χ1n) is 9.11. The third-order valence-corrected chi connectivity index (χ3v) is 4.54. The molecule has 0 atom stereocenters. The Labute approximate surface area is 192 Å². The molecule has 0 bridgehead atoms. The zero-order valence-corrected chi connectivity index (χ0v) is 20.7. The van der Waals surface area contributed by atoms with Gasteiger partial charge in [0.2, 0.25) is 0 Å². The molecule has 0 aliphatic rings. The Bertz CT molecular complexity index is 806. The number of nitrogens with one attached hydrogen (secondary N) is 2. The molecule has 0 saturated carbocycles. The summed E-state index contributed by atoms with van der Waals surface area (Å²) < 4.78 is 3.16. The first-order chi connectivity index (χ1) is 12.9. The van der Waals surface area contributed by atoms with E-state index in [1.54, 1.807) is 0 Å². The molecule has 2 aromatic rings. The molecule has 2 rings (SSSR count). The second-order valence-corrected chi connectivity index (χ2v) is 7.26. The number of rotatable bonds is 7. The molecule has 0 unspecified atom stereocenters. The van der Waals surface area contributed by atoms with Crippen molar-refractivity contribution in [3.05, 3.63) is 57.8 Å². The van der Waals surface area contributed by atoms with Crippen molar-refractivity contribution in [1.29, 1.82) is 0 Å². The largest absolute Gasteiger partial charge is 0.357 e. The maximum atomic E-state index is 12.0. The van der Waals surface area contributed by atoms with Crippen molar-refractivity contribution in [2.24, 2.45) is 12.0 Å². The van der Waals surface area contributed by atoms with Gasteiger partial charge in [-0.15, -0.1) is 24.0 Å². The van der Waals surface area contributed by atoms with Crippen molar-refractivity contribution in [3.8, 4) is 0 Å². The van der Waals surface area contributed by atoms with Gasteiger partial charge in [0, 0.05) is 49.1 Å². The Morgan fingerprint density at radius 1 is 1.21 bits per heavy atom. The topological polar surface area (TPSA) is 61.7 Å². The highest BCUT2D eigenvalue weighted by Gasteiger charge is 2.10. The molecule has 0 saturated heterocycles. The molecule has 2 N–H and O–H groups in total. The first-order valence-corrected chi connectivity index (χ1v) is 9.91. The van der Waals surface area contributed by atoms with E-state index in [2.05, 4.69) is 49.0 Å². The van der Waals surface area contributed by atoms with Crippen LogP contribution in [0.3, 0.4) is 0 Å². The van der Waals surface area contributed by atoms with E-state index in [9.17, 15) is 4.79 Å². The fourth-order valence-corrected chi connectivity index (χ4v) is 3.32. The number of carbonyl (C=O) groups is 1. The molecule has 0 aliphatic heterocycles. The van der Waals surface area contributed by atoms with Gasteiger partial charge in [-0.3, -0.25) is 4.79 Å². The molecule has 1 amide bonds. The van der Waals surface area contributed by atoms with Crippen LogP contribution in [-0.4, -0.2) is 41.5 Å². The highest BCUT2D eigenvalue weighted by Crippen LogP contribution is 2.15. The number of carbonyl (C=O) groups excluding carboxylic acids is 1. The SMILES string of the molecule is CCNC(=O)c1cccc(CN=C(NCC)N(C)Cc2cc(Br)cn2C)c1.I. The van der Waals surface area contributed by atoms with E-state index in [1.165, 1.54) is 5.69 Å². The number of hydrogen-bond acceptors (Lipinski definition) is 2. The number of benzene rings is 1. The number of nitrogens with zero attached hydrogens (tertiary/aromatic N) is 3. The number of aromatic nitrogens is 1. The predicted octanol–water partition coefficient (Wildman–Crippen LogP) is 3.75. The van der Waals surface area contributed by atoms with Crippen LogP contribution in [0.5, 0.6) is 0 Å². The quantitative estimate of drug-likeness (QED) is 0.307. The summed E-state index contributed by atoms with van der Waals surface area (Å²) in [7, 11) is 4.05. The van der Waals surface area contributed by atoms with Crippen LogP contribution in [0.15, 0.2) is 46.0 Å². The number of aliphatic imine (C=N–C) groups is 1. The molecule has 0 spiro atoms. The molecule has 0 fully saturated rings. The Balaban J connectivity index is 0.00000392. The van der Waals surface area contributed by atoms with Crippen LogP contribution in [0.25, 0.3) is 0 Å². The Morgan fingerprint density at radius 3 is 2.54 bits per heavy atom. The van der Waals surface area contributed by atoms with Gasteiger partial charge < -0.3 is 20.1 Å². The van der Waals surface area contributed by atoms with Crippen molar-refractivity contribution in [3.63, 3.8) is 0 Å². The fourth-order valence-electron chi connectivity index (χ4n) is 2.75. The highest BCUT2D eigenvalue weighted by molar-refractivity contribution is 14.0. The van der Waals surface area contributed by atoms with Gasteiger partial charge >= 0.3 is 0 Å². The maximum Gasteiger partial charge on any atom is 0.251 e. The van der Waals surface area contributed by atoms with E-state index in [0.29, 0.717) is 18.7 Å². The summed E-state index contributed by atoms with van der Waals surface area (Å²) in [5.74, 6) is 0.778. The summed E-state index contributed by atoms with van der Waals surface area (Å²) in [6, 6.07) is 9.71. The lowest BCUT2D eigenvalue weighted by Crippen LogP contribution is -2.38. The molecule has 0 radical (unpaired) electrons. The molecule has 0 aliphatic carbocycles. The van der Waals surface area contributed by atoms with Crippen molar-refractivity contribution >= 4 is 51.8 Å². The second-order valence-electron chi connectivity index (χ2n) is 6.35. The lowest BCUT2D eigenvalue weighted by molar-refractivity contribution is 0.0955. The van der Waals surface area contributed by atoms with E-state index >= 15 is 0 Å². The van der Waals surface area contributed by atoms with Gasteiger partial charge in [0.1, 0.15) is 0 Å². The highest BCUT2D eigenvalue weighted by atomic mass is 127. The molecule has 1 heterocycles. The smallest absolute Gasteiger partial charge is 0.251 e. The van der Waals surface area contributed by atoms with Crippen LogP contribution >= 0.6 is 39.9 Å². The average Bonchev–Trinajstić information content (AvgIpc) is 2.96. The van der Waals surface area contributed by atoms with E-state index in [0.717, 1.165) is 29.1 Å². The summed E-state index contributed by atoms with van der Waals surface area (Å²) >= 11 is 3.51. The maximum absolute atomic E-state index is 12.0. The number of halogens is 2. The zero-order valence-electron chi connectivity index (χ0n) is 16.8. The van der Waals surface area contributed by atoms with Crippen molar-refractivity contribution < 1.29 is 4.79 Å². The Kier molecular flexibility index (Phi) is 10.6. The summed E-state index contributed by atoms with van der Waals surface area (Å²) in [5, 5.41) is 6.16. The Hall–Kier alpha value is -1.55. The van der Waals surface area contributed by atoms with E-state index in [-0.39, 0.29) is 29.9 Å². The molecular weight excluding hydrogens is 533 g/mol. The molecule has 28 heavy (non-hydrogen) atoms. The lowest BCUT2D eigenvalue weighted by atomic mass is 10.1. The van der Waals surface area contributed by atoms with Crippen LogP contribution in [0.4, 0.5) is 0 Å². The van der Waals surface area contributed by atoms with Crippen LogP contribution in [0, 0.1) is 0 Å². The predicted molar refractivity (Wildman–Crippen MR) is 129 cm³/mol. The van der Waals surface area contributed by atoms with Crippen molar-refractivity contribution in [2.45, 2.75) is 26.9 Å². The van der Waals surface area contributed by atoms with Crippen LogP contribution in [0.1, 0.15) is 35.5 Å². The molecule has 8 heteroatoms. The summed E-state index contributed by atoms with van der Waals surface area (Å²) in [4.78, 5) is 18.8. The number of guanidine groups is 1. The number of amides is 1. The van der Waals surface area contributed by atoms with E-state index in [1.807, 2.05) is 51.5 Å². The first kappa shape index (κ1) is 24.5. The van der Waals surface area contributed by atoms with Gasteiger partial charge in [0.15, 0.2) is 5.96 Å². The second kappa shape index (κ2) is 12.1. The van der Waals surface area contributed by atoms with Crippen LogP contribution in [-0.2, 0) is 20.1 Å². The zero-order chi connectivity index (χ0) is 19.8. The number of aryl methyl sites for hydroxylation is 1. The monoisotopic (exact) mass is 561 g/mol. The molecular formula is C20H29BrIN5O. The Morgan fingerprint density at radius 2 is 1.93 bits per heavy atom. The fraction of sp³-hybridized carbons (Fsp3) is 0.400. The van der Waals surface area contributed by atoms with Gasteiger partial charge in [-0.05, 0) is 53.5 Å².